The first kappa shape index (κ1) is 13.8. The van der Waals surface area contributed by atoms with Crippen molar-refractivity contribution in [1.29, 1.82) is 5.26 Å². The predicted octanol–water partition coefficient (Wildman–Crippen LogP) is 2.81. The second-order valence-electron chi connectivity index (χ2n) is 4.39. The molecular weight excluding hydrogens is 256 g/mol. The van der Waals surface area contributed by atoms with Crippen molar-refractivity contribution in [1.82, 2.24) is 4.90 Å². The molecule has 0 radical (unpaired) electrons. The van der Waals surface area contributed by atoms with E-state index in [0.29, 0.717) is 19.6 Å². The van der Waals surface area contributed by atoms with Crippen LogP contribution in [0.2, 0.25) is 0 Å². The van der Waals surface area contributed by atoms with Gasteiger partial charge in [-0.25, -0.2) is 0 Å². The van der Waals surface area contributed by atoms with Gasteiger partial charge in [-0.15, -0.1) is 0 Å². The molecule has 0 aliphatic heterocycles. The Morgan fingerprint density at radius 3 is 2.68 bits per heavy atom. The van der Waals surface area contributed by atoms with Gasteiger partial charge in [0.2, 0.25) is 0 Å². The van der Waals surface area contributed by atoms with Crippen LogP contribution in [0.15, 0.2) is 47.2 Å². The van der Waals surface area contributed by atoms with Crippen molar-refractivity contribution in [2.24, 2.45) is 0 Å². The Kier molecular flexibility index (Phi) is 5.10. The van der Waals surface area contributed by atoms with Crippen molar-refractivity contribution in [3.8, 4) is 6.07 Å². The monoisotopic (exact) mass is 272 g/mol. The molecule has 2 rings (SSSR count). The van der Waals surface area contributed by atoms with E-state index in [0.717, 1.165) is 11.1 Å². The van der Waals surface area contributed by atoms with Gasteiger partial charge in [-0.05, 0) is 28.0 Å². The van der Waals surface area contributed by atoms with Gasteiger partial charge in [-0.2, -0.15) is 16.6 Å². The minimum absolute atomic E-state index is 0.316. The van der Waals surface area contributed by atoms with Crippen LogP contribution in [0.1, 0.15) is 17.2 Å². The first-order chi connectivity index (χ1) is 9.29. The standard InChI is InChI=1S/C15H16N2OS/c16-7-8-17(10-13-4-2-1-3-5-13)11-15(18)14-6-9-19-12-14/h1-6,9,12,15,18H,8,10-11H2. The molecule has 1 atom stereocenters. The third-order valence-corrected chi connectivity index (χ3v) is 3.60. The summed E-state index contributed by atoms with van der Waals surface area (Å²) in [5.74, 6) is 0. The lowest BCUT2D eigenvalue weighted by Crippen LogP contribution is -2.28. The Labute approximate surface area is 117 Å². The third kappa shape index (κ3) is 4.18. The van der Waals surface area contributed by atoms with Gasteiger partial charge in [0.1, 0.15) is 0 Å². The van der Waals surface area contributed by atoms with Crippen LogP contribution in [0.25, 0.3) is 0 Å². The third-order valence-electron chi connectivity index (χ3n) is 2.90. The number of rotatable bonds is 6. The molecular formula is C15H16N2OS. The molecule has 1 N–H and O–H groups in total. The van der Waals surface area contributed by atoms with Gasteiger partial charge in [0.15, 0.2) is 0 Å². The summed E-state index contributed by atoms with van der Waals surface area (Å²) in [7, 11) is 0. The topological polar surface area (TPSA) is 47.3 Å². The Hall–Kier alpha value is -1.67. The van der Waals surface area contributed by atoms with Crippen LogP contribution >= 0.6 is 11.3 Å². The molecule has 1 heterocycles. The molecule has 0 fully saturated rings. The van der Waals surface area contributed by atoms with Crippen molar-refractivity contribution in [2.75, 3.05) is 13.1 Å². The maximum absolute atomic E-state index is 10.1. The average Bonchev–Trinajstić information content (AvgIpc) is 2.94. The average molecular weight is 272 g/mol. The summed E-state index contributed by atoms with van der Waals surface area (Å²) < 4.78 is 0. The molecule has 98 valence electrons. The van der Waals surface area contributed by atoms with Crippen LogP contribution in [-0.4, -0.2) is 23.1 Å². The molecule has 1 aromatic heterocycles. The van der Waals surface area contributed by atoms with E-state index in [1.807, 2.05) is 52.1 Å². The van der Waals surface area contributed by atoms with E-state index in [-0.39, 0.29) is 0 Å². The highest BCUT2D eigenvalue weighted by atomic mass is 32.1. The molecule has 3 nitrogen and oxygen atoms in total. The van der Waals surface area contributed by atoms with E-state index >= 15 is 0 Å². The number of thiophene rings is 1. The minimum atomic E-state index is -0.539. The summed E-state index contributed by atoms with van der Waals surface area (Å²) in [6.45, 7) is 1.46. The maximum Gasteiger partial charge on any atom is 0.0925 e. The number of hydrogen-bond acceptors (Lipinski definition) is 4. The zero-order valence-electron chi connectivity index (χ0n) is 10.6. The Bertz CT molecular complexity index is 519. The van der Waals surface area contributed by atoms with E-state index in [2.05, 4.69) is 6.07 Å². The second kappa shape index (κ2) is 7.05. The second-order valence-corrected chi connectivity index (χ2v) is 5.17. The van der Waals surface area contributed by atoms with Crippen molar-refractivity contribution >= 4 is 11.3 Å². The van der Waals surface area contributed by atoms with Crippen LogP contribution in [-0.2, 0) is 6.54 Å². The molecule has 4 heteroatoms. The fourth-order valence-corrected chi connectivity index (χ4v) is 2.65. The van der Waals surface area contributed by atoms with E-state index < -0.39 is 6.10 Å². The number of aliphatic hydroxyl groups is 1. The van der Waals surface area contributed by atoms with Crippen molar-refractivity contribution in [2.45, 2.75) is 12.6 Å². The van der Waals surface area contributed by atoms with E-state index in [1.165, 1.54) is 0 Å². The first-order valence-electron chi connectivity index (χ1n) is 6.13. The number of benzene rings is 1. The van der Waals surface area contributed by atoms with Gasteiger partial charge < -0.3 is 5.11 Å². The van der Waals surface area contributed by atoms with Gasteiger partial charge >= 0.3 is 0 Å². The highest BCUT2D eigenvalue weighted by Crippen LogP contribution is 2.18. The molecule has 0 aliphatic carbocycles. The lowest BCUT2D eigenvalue weighted by molar-refractivity contribution is 0.117. The van der Waals surface area contributed by atoms with E-state index in [9.17, 15) is 5.11 Å². The zero-order valence-corrected chi connectivity index (χ0v) is 11.4. The predicted molar refractivity (Wildman–Crippen MR) is 76.6 cm³/mol. The molecule has 0 bridgehead atoms. The van der Waals surface area contributed by atoms with E-state index in [4.69, 9.17) is 5.26 Å². The molecule has 1 unspecified atom stereocenters. The summed E-state index contributed by atoms with van der Waals surface area (Å²) in [5, 5.41) is 22.9. The van der Waals surface area contributed by atoms with Crippen LogP contribution in [0.5, 0.6) is 0 Å². The lowest BCUT2D eigenvalue weighted by Gasteiger charge is -2.22. The molecule has 2 aromatic rings. The highest BCUT2D eigenvalue weighted by Gasteiger charge is 2.14. The molecule has 0 amide bonds. The molecule has 0 spiro atoms. The van der Waals surface area contributed by atoms with Gasteiger partial charge in [0, 0.05) is 13.1 Å². The van der Waals surface area contributed by atoms with Gasteiger partial charge in [-0.1, -0.05) is 30.3 Å². The fraction of sp³-hybridized carbons (Fsp3) is 0.267. The summed E-state index contributed by atoms with van der Waals surface area (Å²) in [5.41, 5.74) is 2.07. The van der Waals surface area contributed by atoms with Crippen molar-refractivity contribution in [3.05, 3.63) is 58.3 Å². The first-order valence-corrected chi connectivity index (χ1v) is 7.07. The highest BCUT2D eigenvalue weighted by molar-refractivity contribution is 7.07. The van der Waals surface area contributed by atoms with Gasteiger partial charge in [0.05, 0.1) is 18.7 Å². The van der Waals surface area contributed by atoms with Gasteiger partial charge in [0.25, 0.3) is 0 Å². The summed E-state index contributed by atoms with van der Waals surface area (Å²) in [6.07, 6.45) is -0.539. The Morgan fingerprint density at radius 1 is 1.26 bits per heavy atom. The Morgan fingerprint density at radius 2 is 2.05 bits per heavy atom. The fourth-order valence-electron chi connectivity index (χ4n) is 1.94. The van der Waals surface area contributed by atoms with Crippen molar-refractivity contribution in [3.63, 3.8) is 0 Å². The maximum atomic E-state index is 10.1. The lowest BCUT2D eigenvalue weighted by atomic mass is 10.1. The number of nitrogens with zero attached hydrogens (tertiary/aromatic N) is 2. The molecule has 0 aliphatic rings. The summed E-state index contributed by atoms with van der Waals surface area (Å²) in [4.78, 5) is 1.96. The minimum Gasteiger partial charge on any atom is -0.387 e. The smallest absolute Gasteiger partial charge is 0.0925 e. The van der Waals surface area contributed by atoms with Crippen molar-refractivity contribution < 1.29 is 5.11 Å². The van der Waals surface area contributed by atoms with E-state index in [1.54, 1.807) is 11.3 Å². The number of nitriles is 1. The molecule has 1 aromatic carbocycles. The van der Waals surface area contributed by atoms with Gasteiger partial charge in [-0.3, -0.25) is 4.90 Å². The quantitative estimate of drug-likeness (QED) is 0.823. The normalized spacial score (nSPS) is 12.3. The molecule has 19 heavy (non-hydrogen) atoms. The van der Waals surface area contributed by atoms with Crippen LogP contribution in [0.3, 0.4) is 0 Å². The molecule has 0 saturated carbocycles. The number of hydrogen-bond donors (Lipinski definition) is 1. The van der Waals surface area contributed by atoms with Crippen LogP contribution < -0.4 is 0 Å². The SMILES string of the molecule is N#CCN(Cc1ccccc1)CC(O)c1ccsc1. The Balaban J connectivity index is 1.98. The number of aliphatic hydroxyl groups excluding tert-OH is 1. The van der Waals surface area contributed by atoms with Crippen LogP contribution in [0, 0.1) is 11.3 Å². The molecule has 0 saturated heterocycles. The largest absolute Gasteiger partial charge is 0.387 e. The summed E-state index contributed by atoms with van der Waals surface area (Å²) >= 11 is 1.57. The zero-order chi connectivity index (χ0) is 13.5. The van der Waals surface area contributed by atoms with Crippen LogP contribution in [0.4, 0.5) is 0 Å². The summed E-state index contributed by atoms with van der Waals surface area (Å²) in [6, 6.07) is 14.1.